The Morgan fingerprint density at radius 1 is 1.21 bits per heavy atom. The summed E-state index contributed by atoms with van der Waals surface area (Å²) in [6.45, 7) is 1.11. The second-order valence-corrected chi connectivity index (χ2v) is 8.03. The van der Waals surface area contributed by atoms with Gasteiger partial charge in [0.25, 0.3) is 0 Å². The summed E-state index contributed by atoms with van der Waals surface area (Å²) in [5, 5.41) is 19.0. The average Bonchev–Trinajstić information content (AvgIpc) is 3.10. The minimum Gasteiger partial charge on any atom is -0.380 e. The summed E-state index contributed by atoms with van der Waals surface area (Å²) in [6.07, 6.45) is 10.7. The van der Waals surface area contributed by atoms with Gasteiger partial charge in [-0.05, 0) is 43.6 Å². The van der Waals surface area contributed by atoms with Crippen LogP contribution in [0, 0.1) is 27.9 Å². The van der Waals surface area contributed by atoms with Gasteiger partial charge >= 0.3 is 0 Å². The van der Waals surface area contributed by atoms with Crippen LogP contribution in [0.4, 0.5) is 0 Å². The Bertz CT molecular complexity index is 506. The van der Waals surface area contributed by atoms with Crippen molar-refractivity contribution < 1.29 is 9.66 Å². The molecule has 134 valence electrons. The van der Waals surface area contributed by atoms with Gasteiger partial charge in [0.05, 0.1) is 6.10 Å². The summed E-state index contributed by atoms with van der Waals surface area (Å²) in [7, 11) is 1.70. The molecule has 0 spiro atoms. The molecule has 2 aliphatic carbocycles. The van der Waals surface area contributed by atoms with Gasteiger partial charge < -0.3 is 15.4 Å². The first kappa shape index (κ1) is 16.5. The predicted octanol–water partition coefficient (Wildman–Crippen LogP) is 1.73. The third-order valence-electron chi connectivity index (χ3n) is 6.89. The molecule has 4 rings (SSSR count). The van der Waals surface area contributed by atoms with Crippen molar-refractivity contribution >= 4 is 0 Å². The van der Waals surface area contributed by atoms with E-state index in [1.54, 1.807) is 7.11 Å². The molecule has 0 amide bonds. The molecule has 6 heteroatoms. The minimum absolute atomic E-state index is 0.0554. The van der Waals surface area contributed by atoms with Gasteiger partial charge in [0.2, 0.25) is 6.04 Å². The highest BCUT2D eigenvalue weighted by Crippen LogP contribution is 2.46. The zero-order valence-electron chi connectivity index (χ0n) is 14.4. The van der Waals surface area contributed by atoms with E-state index in [0.717, 1.165) is 13.0 Å². The fourth-order valence-electron chi connectivity index (χ4n) is 5.77. The maximum atomic E-state index is 11.4. The number of hydrogen-bond acceptors (Lipinski definition) is 5. The first-order chi connectivity index (χ1) is 11.7. The molecule has 24 heavy (non-hydrogen) atoms. The molecule has 2 heterocycles. The monoisotopic (exact) mass is 335 g/mol. The van der Waals surface area contributed by atoms with Gasteiger partial charge in [-0.25, -0.2) is 0 Å². The van der Waals surface area contributed by atoms with Crippen molar-refractivity contribution in [3.05, 3.63) is 22.3 Å². The Hall–Kier alpha value is -0.980. The van der Waals surface area contributed by atoms with Crippen LogP contribution in [-0.4, -0.2) is 48.8 Å². The zero-order chi connectivity index (χ0) is 16.7. The lowest BCUT2D eigenvalue weighted by Crippen LogP contribution is -2.68. The number of nitro groups is 1. The number of rotatable bonds is 3. The molecule has 0 aromatic heterocycles. The Balaban J connectivity index is 1.58. The number of allylic oxidation sites excluding steroid dienone is 2. The van der Waals surface area contributed by atoms with E-state index >= 15 is 0 Å². The number of fused-ring (bicyclic) bond motifs is 3. The van der Waals surface area contributed by atoms with Crippen molar-refractivity contribution in [2.75, 3.05) is 13.7 Å². The number of ether oxygens (including phenoxy) is 1. The lowest BCUT2D eigenvalue weighted by molar-refractivity contribution is -0.531. The summed E-state index contributed by atoms with van der Waals surface area (Å²) in [6, 6.07) is 0.759. The van der Waals surface area contributed by atoms with Gasteiger partial charge in [-0.3, -0.25) is 10.1 Å². The molecule has 1 saturated carbocycles. The van der Waals surface area contributed by atoms with Crippen molar-refractivity contribution in [3.63, 3.8) is 0 Å². The number of piperidine rings is 2. The van der Waals surface area contributed by atoms with Crippen molar-refractivity contribution in [3.8, 4) is 0 Å². The highest BCUT2D eigenvalue weighted by molar-refractivity contribution is 5.16. The highest BCUT2D eigenvalue weighted by atomic mass is 16.6. The summed E-state index contributed by atoms with van der Waals surface area (Å²) in [5.41, 5.74) is 0. The smallest absolute Gasteiger partial charge is 0.216 e. The first-order valence-corrected chi connectivity index (χ1v) is 9.51. The standard InChI is InChI=1S/C18H29N3O3/c1-24-16-10-11(21(22)23)9-14-12-5-4-6-13(12)17(20-18(14)16)15-7-2-3-8-19-15/h4-5,11-20H,2-3,6-10H2,1H3. The zero-order valence-corrected chi connectivity index (χ0v) is 14.4. The van der Waals surface area contributed by atoms with E-state index in [4.69, 9.17) is 4.74 Å². The normalized spacial score (nSPS) is 47.9. The van der Waals surface area contributed by atoms with E-state index in [1.807, 2.05) is 0 Å². The molecule has 8 atom stereocenters. The topological polar surface area (TPSA) is 76.4 Å². The molecule has 2 saturated heterocycles. The van der Waals surface area contributed by atoms with Gasteiger partial charge in [0, 0.05) is 43.0 Å². The predicted molar refractivity (Wildman–Crippen MR) is 91.4 cm³/mol. The summed E-state index contributed by atoms with van der Waals surface area (Å²) >= 11 is 0. The van der Waals surface area contributed by atoms with E-state index in [0.29, 0.717) is 42.7 Å². The average molecular weight is 335 g/mol. The molecule has 3 fully saturated rings. The van der Waals surface area contributed by atoms with E-state index in [-0.39, 0.29) is 17.1 Å². The van der Waals surface area contributed by atoms with E-state index in [1.165, 1.54) is 19.3 Å². The van der Waals surface area contributed by atoms with Crippen LogP contribution in [-0.2, 0) is 4.74 Å². The fraction of sp³-hybridized carbons (Fsp3) is 0.889. The maximum absolute atomic E-state index is 11.4. The molecule has 6 nitrogen and oxygen atoms in total. The van der Waals surface area contributed by atoms with Crippen LogP contribution in [0.25, 0.3) is 0 Å². The van der Waals surface area contributed by atoms with Crippen LogP contribution in [0.2, 0.25) is 0 Å². The van der Waals surface area contributed by atoms with Gasteiger partial charge in [-0.15, -0.1) is 0 Å². The van der Waals surface area contributed by atoms with Gasteiger partial charge in [0.15, 0.2) is 0 Å². The van der Waals surface area contributed by atoms with Crippen molar-refractivity contribution in [1.82, 2.24) is 10.6 Å². The number of nitrogens with one attached hydrogen (secondary N) is 2. The lowest BCUT2D eigenvalue weighted by atomic mass is 9.64. The quantitative estimate of drug-likeness (QED) is 0.467. The molecular weight excluding hydrogens is 306 g/mol. The molecule has 2 N–H and O–H groups in total. The molecule has 0 aromatic carbocycles. The van der Waals surface area contributed by atoms with Crippen LogP contribution in [0.1, 0.15) is 38.5 Å². The van der Waals surface area contributed by atoms with Crippen LogP contribution in [0.15, 0.2) is 12.2 Å². The second kappa shape index (κ2) is 6.73. The Labute approximate surface area is 143 Å². The van der Waals surface area contributed by atoms with E-state index in [2.05, 4.69) is 22.8 Å². The minimum atomic E-state index is -0.461. The first-order valence-electron chi connectivity index (χ1n) is 9.51. The number of hydrogen-bond donors (Lipinski definition) is 2. The fourth-order valence-corrected chi connectivity index (χ4v) is 5.77. The molecule has 8 unspecified atom stereocenters. The van der Waals surface area contributed by atoms with E-state index < -0.39 is 6.04 Å². The molecule has 4 aliphatic rings. The van der Waals surface area contributed by atoms with Crippen LogP contribution in [0.3, 0.4) is 0 Å². The summed E-state index contributed by atoms with van der Waals surface area (Å²) in [4.78, 5) is 11.3. The molecular formula is C18H29N3O3. The summed E-state index contributed by atoms with van der Waals surface area (Å²) in [5.74, 6) is 1.36. The van der Waals surface area contributed by atoms with Gasteiger partial charge in [-0.2, -0.15) is 0 Å². The Morgan fingerprint density at radius 3 is 2.79 bits per heavy atom. The lowest BCUT2D eigenvalue weighted by Gasteiger charge is -2.52. The van der Waals surface area contributed by atoms with Crippen LogP contribution < -0.4 is 10.6 Å². The summed E-state index contributed by atoms with van der Waals surface area (Å²) < 4.78 is 5.71. The molecule has 0 radical (unpaired) electrons. The molecule has 2 aliphatic heterocycles. The van der Waals surface area contributed by atoms with Gasteiger partial charge in [0.1, 0.15) is 0 Å². The largest absolute Gasteiger partial charge is 0.380 e. The van der Waals surface area contributed by atoms with Crippen molar-refractivity contribution in [1.29, 1.82) is 0 Å². The molecule has 0 bridgehead atoms. The van der Waals surface area contributed by atoms with Crippen molar-refractivity contribution in [2.24, 2.45) is 17.8 Å². The Kier molecular flexibility index (Phi) is 4.62. The Morgan fingerprint density at radius 2 is 2.08 bits per heavy atom. The highest BCUT2D eigenvalue weighted by Gasteiger charge is 2.53. The van der Waals surface area contributed by atoms with Gasteiger partial charge in [-0.1, -0.05) is 18.6 Å². The number of nitrogens with zero attached hydrogens (tertiary/aromatic N) is 1. The maximum Gasteiger partial charge on any atom is 0.216 e. The third-order valence-corrected chi connectivity index (χ3v) is 6.89. The second-order valence-electron chi connectivity index (χ2n) is 8.03. The van der Waals surface area contributed by atoms with E-state index in [9.17, 15) is 10.1 Å². The third kappa shape index (κ3) is 2.78. The van der Waals surface area contributed by atoms with Crippen molar-refractivity contribution in [2.45, 2.75) is 68.8 Å². The van der Waals surface area contributed by atoms with Crippen LogP contribution >= 0.6 is 0 Å². The SMILES string of the molecule is COC1CC([N+](=O)[O-])CC2C3C=CCC3C(C3CCCCN3)NC12. The number of methoxy groups -OCH3 is 1. The molecule has 0 aromatic rings. The van der Waals surface area contributed by atoms with Crippen LogP contribution in [0.5, 0.6) is 0 Å².